The minimum atomic E-state index is -0.223. The van der Waals surface area contributed by atoms with Gasteiger partial charge in [-0.15, -0.1) is 0 Å². The number of rotatable bonds is 11. The molecule has 0 aromatic heterocycles. The van der Waals surface area contributed by atoms with Crippen LogP contribution in [0, 0.1) is 5.92 Å². The Balaban J connectivity index is 2.28. The first-order valence-electron chi connectivity index (χ1n) is 8.48. The van der Waals surface area contributed by atoms with E-state index >= 15 is 0 Å². The number of ether oxygens (including phenoxy) is 2. The number of amides is 2. The Hall–Kier alpha value is -1.75. The Morgan fingerprint density at radius 1 is 1.17 bits per heavy atom. The van der Waals surface area contributed by atoms with Crippen molar-refractivity contribution in [3.8, 4) is 5.75 Å². The molecule has 0 heterocycles. The highest BCUT2D eigenvalue weighted by Gasteiger charge is 2.07. The first-order chi connectivity index (χ1) is 11.1. The number of carbonyl (C=O) groups excluding carboxylic acids is 1. The molecule has 5 nitrogen and oxygen atoms in total. The van der Waals surface area contributed by atoms with Crippen LogP contribution in [0.5, 0.6) is 5.75 Å². The van der Waals surface area contributed by atoms with Gasteiger partial charge < -0.3 is 20.1 Å². The SMILES string of the molecule is CCCCOCCCNC(=O)Nc1ccccc1OCC(C)C. The maximum absolute atomic E-state index is 11.9. The number of carbonyl (C=O) groups is 1. The monoisotopic (exact) mass is 322 g/mol. The van der Waals surface area contributed by atoms with Crippen molar-refractivity contribution >= 4 is 11.7 Å². The average Bonchev–Trinajstić information content (AvgIpc) is 2.53. The number of hydrogen-bond acceptors (Lipinski definition) is 3. The highest BCUT2D eigenvalue weighted by atomic mass is 16.5. The van der Waals surface area contributed by atoms with Crippen LogP contribution in [0.3, 0.4) is 0 Å². The summed E-state index contributed by atoms with van der Waals surface area (Å²) < 4.78 is 11.2. The smallest absolute Gasteiger partial charge is 0.319 e. The van der Waals surface area contributed by atoms with Crippen LogP contribution < -0.4 is 15.4 Å². The average molecular weight is 322 g/mol. The Kier molecular flexibility index (Phi) is 9.87. The second-order valence-electron chi connectivity index (χ2n) is 5.90. The molecule has 1 aromatic rings. The van der Waals surface area contributed by atoms with Gasteiger partial charge in [0, 0.05) is 19.8 Å². The van der Waals surface area contributed by atoms with Gasteiger partial charge in [0.1, 0.15) is 5.75 Å². The Bertz CT molecular complexity index is 450. The molecule has 2 N–H and O–H groups in total. The van der Waals surface area contributed by atoms with Crippen molar-refractivity contribution in [1.29, 1.82) is 0 Å². The van der Waals surface area contributed by atoms with E-state index in [2.05, 4.69) is 31.4 Å². The summed E-state index contributed by atoms with van der Waals surface area (Å²) in [5.74, 6) is 1.13. The predicted octanol–water partition coefficient (Wildman–Crippen LogP) is 4.05. The van der Waals surface area contributed by atoms with Crippen LogP contribution in [-0.4, -0.2) is 32.4 Å². The molecular formula is C18H30N2O3. The first-order valence-corrected chi connectivity index (χ1v) is 8.48. The summed E-state index contributed by atoms with van der Waals surface area (Å²) in [5.41, 5.74) is 0.685. The van der Waals surface area contributed by atoms with Gasteiger partial charge in [-0.1, -0.05) is 39.3 Å². The number of unbranched alkanes of at least 4 members (excludes halogenated alkanes) is 1. The molecule has 0 saturated carbocycles. The van der Waals surface area contributed by atoms with E-state index < -0.39 is 0 Å². The van der Waals surface area contributed by atoms with E-state index in [9.17, 15) is 4.79 Å². The summed E-state index contributed by atoms with van der Waals surface area (Å²) in [6.45, 7) is 8.99. The zero-order valence-corrected chi connectivity index (χ0v) is 14.6. The van der Waals surface area contributed by atoms with Crippen molar-refractivity contribution in [2.75, 3.05) is 31.7 Å². The molecule has 0 aliphatic carbocycles. The summed E-state index contributed by atoms with van der Waals surface area (Å²) in [7, 11) is 0. The van der Waals surface area contributed by atoms with Crippen LogP contribution in [0.2, 0.25) is 0 Å². The van der Waals surface area contributed by atoms with E-state index in [4.69, 9.17) is 9.47 Å². The number of para-hydroxylation sites is 2. The minimum Gasteiger partial charge on any atom is -0.491 e. The number of anilines is 1. The molecule has 0 fully saturated rings. The zero-order chi connectivity index (χ0) is 16.9. The van der Waals surface area contributed by atoms with E-state index in [-0.39, 0.29) is 6.03 Å². The number of hydrogen-bond donors (Lipinski definition) is 2. The molecule has 5 heteroatoms. The van der Waals surface area contributed by atoms with Crippen molar-refractivity contribution in [3.05, 3.63) is 24.3 Å². The number of benzene rings is 1. The van der Waals surface area contributed by atoms with Crippen molar-refractivity contribution in [2.24, 2.45) is 5.92 Å². The fourth-order valence-electron chi connectivity index (χ4n) is 1.84. The highest BCUT2D eigenvalue weighted by Crippen LogP contribution is 2.24. The molecule has 0 unspecified atom stereocenters. The van der Waals surface area contributed by atoms with Crippen LogP contribution in [0.1, 0.15) is 40.0 Å². The minimum absolute atomic E-state index is 0.223. The van der Waals surface area contributed by atoms with E-state index in [0.717, 1.165) is 25.9 Å². The summed E-state index contributed by atoms with van der Waals surface area (Å²) in [6, 6.07) is 7.24. The fraction of sp³-hybridized carbons (Fsp3) is 0.611. The maximum atomic E-state index is 11.9. The van der Waals surface area contributed by atoms with E-state index in [1.165, 1.54) is 0 Å². The zero-order valence-electron chi connectivity index (χ0n) is 14.6. The van der Waals surface area contributed by atoms with Gasteiger partial charge in [0.25, 0.3) is 0 Å². The molecule has 0 spiro atoms. The van der Waals surface area contributed by atoms with Crippen LogP contribution >= 0.6 is 0 Å². The summed E-state index contributed by atoms with van der Waals surface area (Å²) >= 11 is 0. The van der Waals surface area contributed by atoms with E-state index in [1.54, 1.807) is 0 Å². The van der Waals surface area contributed by atoms with Gasteiger partial charge in [0.2, 0.25) is 0 Å². The quantitative estimate of drug-likeness (QED) is 0.604. The molecule has 0 atom stereocenters. The normalized spacial score (nSPS) is 10.6. The highest BCUT2D eigenvalue weighted by molar-refractivity contribution is 5.90. The van der Waals surface area contributed by atoms with Gasteiger partial charge in [0.05, 0.1) is 12.3 Å². The van der Waals surface area contributed by atoms with E-state index in [1.807, 2.05) is 24.3 Å². The molecule has 0 aliphatic rings. The summed E-state index contributed by atoms with van der Waals surface area (Å²) in [5, 5.41) is 5.66. The first kappa shape index (κ1) is 19.3. The molecule has 1 rings (SSSR count). The molecule has 0 radical (unpaired) electrons. The predicted molar refractivity (Wildman–Crippen MR) is 94.1 cm³/mol. The molecule has 23 heavy (non-hydrogen) atoms. The Labute approximate surface area is 139 Å². The molecule has 0 aliphatic heterocycles. The fourth-order valence-corrected chi connectivity index (χ4v) is 1.84. The van der Waals surface area contributed by atoms with Crippen molar-refractivity contribution in [3.63, 3.8) is 0 Å². The lowest BCUT2D eigenvalue weighted by Gasteiger charge is -2.14. The number of urea groups is 1. The van der Waals surface area contributed by atoms with Crippen LogP contribution in [0.15, 0.2) is 24.3 Å². The second-order valence-corrected chi connectivity index (χ2v) is 5.90. The van der Waals surface area contributed by atoms with Crippen LogP contribution in [0.25, 0.3) is 0 Å². The maximum Gasteiger partial charge on any atom is 0.319 e. The van der Waals surface area contributed by atoms with Gasteiger partial charge in [-0.2, -0.15) is 0 Å². The van der Waals surface area contributed by atoms with E-state index in [0.29, 0.717) is 37.1 Å². The molecule has 2 amide bonds. The van der Waals surface area contributed by atoms with Crippen LogP contribution in [-0.2, 0) is 4.74 Å². The Morgan fingerprint density at radius 3 is 2.65 bits per heavy atom. The van der Waals surface area contributed by atoms with Crippen molar-refractivity contribution in [2.45, 2.75) is 40.0 Å². The molecular weight excluding hydrogens is 292 g/mol. The third kappa shape index (κ3) is 9.08. The summed E-state index contributed by atoms with van der Waals surface area (Å²) in [6.07, 6.45) is 3.03. The van der Waals surface area contributed by atoms with Gasteiger partial charge in [-0.3, -0.25) is 0 Å². The van der Waals surface area contributed by atoms with Crippen molar-refractivity contribution < 1.29 is 14.3 Å². The molecule has 0 bridgehead atoms. The second kappa shape index (κ2) is 11.8. The third-order valence-corrected chi connectivity index (χ3v) is 3.10. The molecule has 1 aromatic carbocycles. The standard InChI is InChI=1S/C18H30N2O3/c1-4-5-12-22-13-8-11-19-18(21)20-16-9-6-7-10-17(16)23-14-15(2)3/h6-7,9-10,15H,4-5,8,11-14H2,1-3H3,(H2,19,20,21). The molecule has 0 saturated heterocycles. The third-order valence-electron chi connectivity index (χ3n) is 3.10. The topological polar surface area (TPSA) is 59.6 Å². The lowest BCUT2D eigenvalue weighted by molar-refractivity contribution is 0.129. The van der Waals surface area contributed by atoms with Crippen LogP contribution in [0.4, 0.5) is 10.5 Å². The van der Waals surface area contributed by atoms with Gasteiger partial charge in [0.15, 0.2) is 0 Å². The molecule has 130 valence electrons. The van der Waals surface area contributed by atoms with Gasteiger partial charge in [-0.25, -0.2) is 4.79 Å². The van der Waals surface area contributed by atoms with Gasteiger partial charge >= 0.3 is 6.03 Å². The largest absolute Gasteiger partial charge is 0.491 e. The Morgan fingerprint density at radius 2 is 1.91 bits per heavy atom. The lowest BCUT2D eigenvalue weighted by atomic mass is 10.2. The summed E-state index contributed by atoms with van der Waals surface area (Å²) in [4.78, 5) is 11.9. The number of nitrogens with one attached hydrogen (secondary N) is 2. The van der Waals surface area contributed by atoms with Gasteiger partial charge in [-0.05, 0) is 30.9 Å². The lowest BCUT2D eigenvalue weighted by Crippen LogP contribution is -2.30. The van der Waals surface area contributed by atoms with Crippen molar-refractivity contribution in [1.82, 2.24) is 5.32 Å².